The molecule has 1 fully saturated rings. The first-order valence-corrected chi connectivity index (χ1v) is 16.2. The zero-order chi connectivity index (χ0) is 31.1. The van der Waals surface area contributed by atoms with E-state index in [0.29, 0.717) is 22.7 Å². The molecule has 3 aromatic heterocycles. The number of hydrogen-bond acceptors (Lipinski definition) is 8. The topological polar surface area (TPSA) is 138 Å². The Morgan fingerprint density at radius 1 is 0.889 bits per heavy atom. The Balaban J connectivity index is 1.21. The summed E-state index contributed by atoms with van der Waals surface area (Å²) in [6, 6.07) is 25.9. The van der Waals surface area contributed by atoms with Crippen molar-refractivity contribution in [2.45, 2.75) is 27.0 Å². The lowest BCUT2D eigenvalue weighted by molar-refractivity contribution is 0.157. The van der Waals surface area contributed by atoms with Crippen LogP contribution in [-0.4, -0.2) is 42.4 Å². The fraction of sp³-hybridized carbons (Fsp3) is 0.182. The van der Waals surface area contributed by atoms with Crippen LogP contribution in [0.5, 0.6) is 0 Å². The SMILES string of the molecule is Cc1cccc(Nc2cnc3nc(-c4ccc(Nc5cc(C)nc6ccc(N7CCC7)cc56)cc4)n(COP(=O)(O)O)c3c2)c1. The van der Waals surface area contributed by atoms with Gasteiger partial charge in [0.25, 0.3) is 0 Å². The maximum atomic E-state index is 11.7. The van der Waals surface area contributed by atoms with E-state index < -0.39 is 14.6 Å². The van der Waals surface area contributed by atoms with Crippen molar-refractivity contribution in [1.29, 1.82) is 0 Å². The van der Waals surface area contributed by atoms with Gasteiger partial charge in [0.1, 0.15) is 12.6 Å². The highest BCUT2D eigenvalue weighted by Gasteiger charge is 2.20. The highest BCUT2D eigenvalue weighted by molar-refractivity contribution is 7.46. The van der Waals surface area contributed by atoms with Gasteiger partial charge in [0, 0.05) is 52.5 Å². The molecular weight excluding hydrogens is 589 g/mol. The number of phosphoric ester groups is 1. The van der Waals surface area contributed by atoms with Crippen LogP contribution in [0.4, 0.5) is 28.4 Å². The molecule has 0 spiro atoms. The Morgan fingerprint density at radius 2 is 1.71 bits per heavy atom. The van der Waals surface area contributed by atoms with Gasteiger partial charge >= 0.3 is 7.82 Å². The molecule has 4 heterocycles. The summed E-state index contributed by atoms with van der Waals surface area (Å²) in [7, 11) is -4.75. The quantitative estimate of drug-likeness (QED) is 0.125. The summed E-state index contributed by atoms with van der Waals surface area (Å²) in [5, 5.41) is 7.94. The van der Waals surface area contributed by atoms with Crippen molar-refractivity contribution < 1.29 is 18.9 Å². The predicted molar refractivity (Wildman–Crippen MR) is 177 cm³/mol. The monoisotopic (exact) mass is 621 g/mol. The first-order valence-electron chi connectivity index (χ1n) is 14.6. The first-order chi connectivity index (χ1) is 21.7. The molecule has 3 aromatic carbocycles. The molecule has 1 saturated heterocycles. The van der Waals surface area contributed by atoms with Gasteiger partial charge in [-0.3, -0.25) is 14.1 Å². The van der Waals surface area contributed by atoms with Gasteiger partial charge < -0.3 is 25.3 Å². The number of rotatable bonds is 9. The van der Waals surface area contributed by atoms with Crippen molar-refractivity contribution in [1.82, 2.24) is 19.5 Å². The van der Waals surface area contributed by atoms with Crippen LogP contribution >= 0.6 is 7.82 Å². The number of fused-ring (bicyclic) bond motifs is 2. The van der Waals surface area contributed by atoms with Crippen molar-refractivity contribution in [3.63, 3.8) is 0 Å². The molecule has 0 unspecified atom stereocenters. The molecule has 1 aliphatic rings. The number of phosphoric acid groups is 1. The number of pyridine rings is 2. The van der Waals surface area contributed by atoms with Crippen LogP contribution in [0.2, 0.25) is 0 Å². The lowest BCUT2D eigenvalue weighted by Crippen LogP contribution is -2.36. The Hall–Kier alpha value is -4.80. The van der Waals surface area contributed by atoms with Crippen molar-refractivity contribution in [2.75, 3.05) is 28.6 Å². The molecule has 6 aromatic rings. The number of imidazole rings is 1. The second-order valence-corrected chi connectivity index (χ2v) is 12.5. The normalized spacial score (nSPS) is 13.3. The minimum absolute atomic E-state index is 0.409. The van der Waals surface area contributed by atoms with Gasteiger partial charge in [0.15, 0.2) is 5.65 Å². The lowest BCUT2D eigenvalue weighted by Gasteiger charge is -2.33. The molecule has 0 saturated carbocycles. The van der Waals surface area contributed by atoms with E-state index in [4.69, 9.17) is 14.5 Å². The summed E-state index contributed by atoms with van der Waals surface area (Å²) in [4.78, 5) is 35.3. The number of hydrogen-bond donors (Lipinski definition) is 4. The van der Waals surface area contributed by atoms with Gasteiger partial charge in [0.05, 0.1) is 22.9 Å². The Kier molecular flexibility index (Phi) is 7.47. The van der Waals surface area contributed by atoms with Crippen LogP contribution in [0, 0.1) is 13.8 Å². The Labute approximate surface area is 259 Å². The van der Waals surface area contributed by atoms with E-state index in [0.717, 1.165) is 57.9 Å². The minimum Gasteiger partial charge on any atom is -0.371 e. The molecule has 0 atom stereocenters. The second-order valence-electron chi connectivity index (χ2n) is 11.2. The summed E-state index contributed by atoms with van der Waals surface area (Å²) in [5.41, 5.74) is 9.31. The molecule has 0 radical (unpaired) electrons. The Bertz CT molecular complexity index is 2090. The molecule has 0 bridgehead atoms. The van der Waals surface area contributed by atoms with Crippen LogP contribution in [0.1, 0.15) is 17.7 Å². The summed E-state index contributed by atoms with van der Waals surface area (Å²) >= 11 is 0. The highest BCUT2D eigenvalue weighted by Crippen LogP contribution is 2.38. The van der Waals surface area contributed by atoms with Gasteiger partial charge in [-0.2, -0.15) is 0 Å². The average molecular weight is 622 g/mol. The number of benzene rings is 3. The van der Waals surface area contributed by atoms with Crippen LogP contribution < -0.4 is 15.5 Å². The largest absolute Gasteiger partial charge is 0.471 e. The van der Waals surface area contributed by atoms with Crippen LogP contribution in [-0.2, 0) is 15.8 Å². The van der Waals surface area contributed by atoms with Crippen LogP contribution in [0.25, 0.3) is 33.5 Å². The van der Waals surface area contributed by atoms with Crippen molar-refractivity contribution in [2.24, 2.45) is 0 Å². The molecular formula is C33H32N7O4P. The summed E-state index contributed by atoms with van der Waals surface area (Å²) < 4.78 is 18.2. The van der Waals surface area contributed by atoms with Crippen molar-refractivity contribution in [3.8, 4) is 11.4 Å². The van der Waals surface area contributed by atoms with Gasteiger partial charge in [-0.25, -0.2) is 14.5 Å². The lowest BCUT2D eigenvalue weighted by atomic mass is 10.1. The fourth-order valence-electron chi connectivity index (χ4n) is 5.53. The van der Waals surface area contributed by atoms with E-state index in [1.807, 2.05) is 74.5 Å². The third kappa shape index (κ3) is 6.25. The van der Waals surface area contributed by atoms with Gasteiger partial charge in [-0.05, 0) is 92.6 Å². The summed E-state index contributed by atoms with van der Waals surface area (Å²) in [6.07, 6.45) is 2.89. The van der Waals surface area contributed by atoms with Gasteiger partial charge in [0.2, 0.25) is 0 Å². The molecule has 7 rings (SSSR count). The summed E-state index contributed by atoms with van der Waals surface area (Å²) in [6.45, 7) is 5.72. The molecule has 228 valence electrons. The second kappa shape index (κ2) is 11.6. The van der Waals surface area contributed by atoms with Crippen LogP contribution in [0.15, 0.2) is 85.1 Å². The molecule has 4 N–H and O–H groups in total. The van der Waals surface area contributed by atoms with Crippen LogP contribution in [0.3, 0.4) is 0 Å². The molecule has 0 aliphatic carbocycles. The predicted octanol–water partition coefficient (Wildman–Crippen LogP) is 7.03. The smallest absolute Gasteiger partial charge is 0.371 e. The zero-order valence-corrected chi connectivity index (χ0v) is 25.7. The van der Waals surface area contributed by atoms with Crippen molar-refractivity contribution >= 4 is 58.3 Å². The fourth-order valence-corrected chi connectivity index (χ4v) is 5.79. The third-order valence-corrected chi connectivity index (χ3v) is 8.28. The van der Waals surface area contributed by atoms with E-state index >= 15 is 0 Å². The van der Waals surface area contributed by atoms with Crippen molar-refractivity contribution in [3.05, 3.63) is 96.3 Å². The maximum Gasteiger partial charge on any atom is 0.471 e. The molecule has 0 amide bonds. The molecule has 45 heavy (non-hydrogen) atoms. The number of nitrogens with one attached hydrogen (secondary N) is 2. The van der Waals surface area contributed by atoms with E-state index in [-0.39, 0.29) is 0 Å². The number of anilines is 5. The maximum absolute atomic E-state index is 11.7. The van der Waals surface area contributed by atoms with E-state index in [2.05, 4.69) is 38.7 Å². The van der Waals surface area contributed by atoms with E-state index in [1.165, 1.54) is 12.1 Å². The standard InChI is InChI=1S/C33H32N7O4P/c1-21-5-3-6-25(15-21)36-26-17-31-32(34-19-26)38-33(40(31)20-44-45(41,42)43)23-7-9-24(10-8-23)37-30-16-22(2)35-29-12-11-27(18-28(29)30)39-13-4-14-39/h3,5-12,15-19,36H,4,13-14,20H2,1-2H3,(H,35,37)(H2,41,42,43). The highest BCUT2D eigenvalue weighted by atomic mass is 31.2. The number of aromatic nitrogens is 4. The molecule has 1 aliphatic heterocycles. The summed E-state index contributed by atoms with van der Waals surface area (Å²) in [5.74, 6) is 0.467. The third-order valence-electron chi connectivity index (χ3n) is 7.83. The van der Waals surface area contributed by atoms with Gasteiger partial charge in [-0.15, -0.1) is 0 Å². The Morgan fingerprint density at radius 3 is 2.44 bits per heavy atom. The van der Waals surface area contributed by atoms with Gasteiger partial charge in [-0.1, -0.05) is 12.1 Å². The zero-order valence-electron chi connectivity index (χ0n) is 24.8. The minimum atomic E-state index is -4.75. The number of nitrogens with zero attached hydrogens (tertiary/aromatic N) is 5. The molecule has 12 heteroatoms. The number of aryl methyl sites for hydroxylation is 2. The van der Waals surface area contributed by atoms with E-state index in [9.17, 15) is 14.4 Å². The average Bonchev–Trinajstić information content (AvgIpc) is 3.33. The molecule has 11 nitrogen and oxygen atoms in total. The first kappa shape index (κ1) is 28.9. The van der Waals surface area contributed by atoms with E-state index in [1.54, 1.807) is 10.8 Å².